The number of hydrogen-bond acceptors (Lipinski definition) is 5. The van der Waals surface area contributed by atoms with Gasteiger partial charge in [-0.2, -0.15) is 13.2 Å². The maximum atomic E-state index is 14.1. The number of alkyl halides is 3. The number of hydrogen-bond donors (Lipinski definition) is 2. The number of benzene rings is 3. The Morgan fingerprint density at radius 3 is 2.36 bits per heavy atom. The van der Waals surface area contributed by atoms with Gasteiger partial charge in [0.1, 0.15) is 35.7 Å². The Kier molecular flexibility index (Phi) is 7.25. The SMILES string of the molecule is CC1=C(c2ccc(O)cc2C(F)(F)F)C(c2ccc(OC[C@H](C)N3CC[C@@H](C)C3)cc2)Oc2ccc(O)cc21. The van der Waals surface area contributed by atoms with Gasteiger partial charge in [0, 0.05) is 23.7 Å². The number of phenols is 2. The van der Waals surface area contributed by atoms with Crippen LogP contribution in [0.1, 0.15) is 55.5 Å². The topological polar surface area (TPSA) is 62.2 Å². The molecule has 1 saturated heterocycles. The summed E-state index contributed by atoms with van der Waals surface area (Å²) in [7, 11) is 0. The van der Waals surface area contributed by atoms with E-state index < -0.39 is 23.6 Å². The van der Waals surface area contributed by atoms with Gasteiger partial charge in [0.2, 0.25) is 0 Å². The van der Waals surface area contributed by atoms with Gasteiger partial charge in [0.15, 0.2) is 0 Å². The van der Waals surface area contributed by atoms with Crippen LogP contribution in [0.15, 0.2) is 60.7 Å². The molecule has 0 saturated carbocycles. The summed E-state index contributed by atoms with van der Waals surface area (Å²) in [6.45, 7) is 8.78. The number of ether oxygens (including phenoxy) is 2. The van der Waals surface area contributed by atoms with Crippen LogP contribution in [0.3, 0.4) is 0 Å². The standard InChI is InChI=1S/C31H32F3NO4/c1-18-12-13-35(16-18)19(2)17-38-24-8-4-21(5-9-24)30-29(20(3)26-14-22(36)7-11-28(26)39-30)25-10-6-23(37)15-27(25)31(32,33)34/h4-11,14-15,18-19,30,36-37H,12-13,16-17H2,1-3H3/t18-,19+,30?/m1/s1. The van der Waals surface area contributed by atoms with Gasteiger partial charge in [0.25, 0.3) is 0 Å². The van der Waals surface area contributed by atoms with Gasteiger partial charge in [-0.15, -0.1) is 0 Å². The molecule has 206 valence electrons. The van der Waals surface area contributed by atoms with E-state index in [1.807, 2.05) is 0 Å². The first-order valence-electron chi connectivity index (χ1n) is 13.1. The van der Waals surface area contributed by atoms with Gasteiger partial charge >= 0.3 is 6.18 Å². The van der Waals surface area contributed by atoms with Crippen LogP contribution in [0, 0.1) is 5.92 Å². The van der Waals surface area contributed by atoms with E-state index >= 15 is 0 Å². The fraction of sp³-hybridized carbons (Fsp3) is 0.355. The molecule has 2 heterocycles. The number of rotatable bonds is 6. The van der Waals surface area contributed by atoms with E-state index in [1.165, 1.54) is 30.7 Å². The molecule has 0 bridgehead atoms. The third-order valence-electron chi connectivity index (χ3n) is 7.63. The highest BCUT2D eigenvalue weighted by atomic mass is 19.4. The lowest BCUT2D eigenvalue weighted by atomic mass is 9.84. The lowest BCUT2D eigenvalue weighted by molar-refractivity contribution is -0.137. The lowest BCUT2D eigenvalue weighted by Gasteiger charge is -2.32. The zero-order valence-corrected chi connectivity index (χ0v) is 22.1. The predicted molar refractivity (Wildman–Crippen MR) is 144 cm³/mol. The minimum absolute atomic E-state index is 0.0182. The Balaban J connectivity index is 1.49. The van der Waals surface area contributed by atoms with Crippen LogP contribution in [0.2, 0.25) is 0 Å². The Bertz CT molecular complexity index is 1380. The third kappa shape index (κ3) is 5.57. The van der Waals surface area contributed by atoms with Crippen molar-refractivity contribution in [2.24, 2.45) is 5.92 Å². The molecular weight excluding hydrogens is 507 g/mol. The van der Waals surface area contributed by atoms with Gasteiger partial charge in [0.05, 0.1) is 5.56 Å². The summed E-state index contributed by atoms with van der Waals surface area (Å²) in [6, 6.07) is 15.3. The van der Waals surface area contributed by atoms with Gasteiger partial charge in [-0.1, -0.05) is 25.1 Å². The second-order valence-electron chi connectivity index (χ2n) is 10.6. The van der Waals surface area contributed by atoms with Crippen molar-refractivity contribution in [3.05, 3.63) is 82.9 Å². The second kappa shape index (κ2) is 10.5. The smallest absolute Gasteiger partial charge is 0.417 e. The van der Waals surface area contributed by atoms with Crippen molar-refractivity contribution in [3.63, 3.8) is 0 Å². The van der Waals surface area contributed by atoms with E-state index in [9.17, 15) is 23.4 Å². The van der Waals surface area contributed by atoms with E-state index in [1.54, 1.807) is 37.3 Å². The van der Waals surface area contributed by atoms with E-state index in [-0.39, 0.29) is 17.4 Å². The molecule has 5 nitrogen and oxygen atoms in total. The van der Waals surface area contributed by atoms with E-state index in [0.717, 1.165) is 19.2 Å². The molecule has 0 spiro atoms. The number of fused-ring (bicyclic) bond motifs is 1. The molecule has 3 aromatic rings. The van der Waals surface area contributed by atoms with Crippen LogP contribution in [-0.4, -0.2) is 40.9 Å². The fourth-order valence-corrected chi connectivity index (χ4v) is 5.45. The molecule has 0 amide bonds. The second-order valence-corrected chi connectivity index (χ2v) is 10.6. The molecule has 2 aliphatic rings. The van der Waals surface area contributed by atoms with Gasteiger partial charge in [-0.05, 0) is 91.9 Å². The molecule has 5 rings (SSSR count). The maximum absolute atomic E-state index is 14.1. The van der Waals surface area contributed by atoms with Crippen LogP contribution in [-0.2, 0) is 6.18 Å². The Hall–Kier alpha value is -3.65. The van der Waals surface area contributed by atoms with Crippen LogP contribution in [0.5, 0.6) is 23.0 Å². The number of phenolic OH excluding ortho intramolecular Hbond substituents is 2. The molecular formula is C31H32F3NO4. The summed E-state index contributed by atoms with van der Waals surface area (Å²) in [5.74, 6) is 1.32. The van der Waals surface area contributed by atoms with Crippen LogP contribution >= 0.6 is 0 Å². The first-order valence-corrected chi connectivity index (χ1v) is 13.1. The summed E-state index contributed by atoms with van der Waals surface area (Å²) >= 11 is 0. The van der Waals surface area contributed by atoms with Crippen LogP contribution < -0.4 is 9.47 Å². The molecule has 3 atom stereocenters. The molecule has 2 aliphatic heterocycles. The van der Waals surface area contributed by atoms with Crippen molar-refractivity contribution in [1.82, 2.24) is 4.90 Å². The minimum atomic E-state index is -4.70. The minimum Gasteiger partial charge on any atom is -0.508 e. The monoisotopic (exact) mass is 539 g/mol. The van der Waals surface area contributed by atoms with E-state index in [2.05, 4.69) is 18.7 Å². The number of likely N-dealkylation sites (tertiary alicyclic amines) is 1. The zero-order valence-electron chi connectivity index (χ0n) is 22.1. The van der Waals surface area contributed by atoms with Crippen molar-refractivity contribution in [2.45, 2.75) is 45.5 Å². The molecule has 0 aromatic heterocycles. The quantitative estimate of drug-likeness (QED) is 0.345. The predicted octanol–water partition coefficient (Wildman–Crippen LogP) is 7.29. The Labute approximate surface area is 226 Å². The van der Waals surface area contributed by atoms with E-state index in [0.29, 0.717) is 46.3 Å². The summed E-state index contributed by atoms with van der Waals surface area (Å²) in [5.41, 5.74) is 0.962. The number of nitrogens with zero attached hydrogens (tertiary/aromatic N) is 1. The first kappa shape index (κ1) is 26.9. The number of halogens is 3. The van der Waals surface area contributed by atoms with Gasteiger partial charge in [-0.25, -0.2) is 0 Å². The first-order chi connectivity index (χ1) is 18.5. The maximum Gasteiger partial charge on any atom is 0.417 e. The zero-order chi connectivity index (χ0) is 27.9. The third-order valence-corrected chi connectivity index (χ3v) is 7.63. The molecule has 2 N–H and O–H groups in total. The highest BCUT2D eigenvalue weighted by Gasteiger charge is 2.38. The fourth-order valence-electron chi connectivity index (χ4n) is 5.45. The van der Waals surface area contributed by atoms with Crippen LogP contribution in [0.25, 0.3) is 11.1 Å². The Morgan fingerprint density at radius 2 is 1.69 bits per heavy atom. The van der Waals surface area contributed by atoms with Gasteiger partial charge < -0.3 is 19.7 Å². The van der Waals surface area contributed by atoms with Crippen molar-refractivity contribution in [2.75, 3.05) is 19.7 Å². The average molecular weight is 540 g/mol. The van der Waals surface area contributed by atoms with Crippen molar-refractivity contribution in [3.8, 4) is 23.0 Å². The largest absolute Gasteiger partial charge is 0.508 e. The normalized spacial score (nSPS) is 20.5. The number of aromatic hydroxyl groups is 2. The van der Waals surface area contributed by atoms with Crippen LogP contribution in [0.4, 0.5) is 13.2 Å². The molecule has 39 heavy (non-hydrogen) atoms. The highest BCUT2D eigenvalue weighted by Crippen LogP contribution is 2.50. The summed E-state index contributed by atoms with van der Waals surface area (Å²) in [6.07, 6.45) is -4.37. The van der Waals surface area contributed by atoms with Crippen molar-refractivity contribution in [1.29, 1.82) is 0 Å². The van der Waals surface area contributed by atoms with Crippen molar-refractivity contribution >= 4 is 11.1 Å². The van der Waals surface area contributed by atoms with Crippen molar-refractivity contribution < 1.29 is 32.9 Å². The molecule has 8 heteroatoms. The highest BCUT2D eigenvalue weighted by molar-refractivity contribution is 5.96. The number of allylic oxidation sites excluding steroid dienone is 1. The molecule has 1 unspecified atom stereocenters. The molecule has 0 aliphatic carbocycles. The summed E-state index contributed by atoms with van der Waals surface area (Å²) < 4.78 is 54.6. The van der Waals surface area contributed by atoms with E-state index in [4.69, 9.17) is 9.47 Å². The van der Waals surface area contributed by atoms with Gasteiger partial charge in [-0.3, -0.25) is 4.90 Å². The Morgan fingerprint density at radius 1 is 1.00 bits per heavy atom. The lowest BCUT2D eigenvalue weighted by Crippen LogP contribution is -2.35. The molecule has 3 aromatic carbocycles. The summed E-state index contributed by atoms with van der Waals surface area (Å²) in [5, 5.41) is 19.9. The summed E-state index contributed by atoms with van der Waals surface area (Å²) in [4.78, 5) is 2.42. The molecule has 0 radical (unpaired) electrons. The molecule has 1 fully saturated rings. The average Bonchev–Trinajstić information content (AvgIpc) is 3.34.